The van der Waals surface area contributed by atoms with Crippen molar-refractivity contribution in [2.45, 2.75) is 95.6 Å². The van der Waals surface area contributed by atoms with Crippen LogP contribution >= 0.6 is 0 Å². The van der Waals surface area contributed by atoms with Gasteiger partial charge in [0.15, 0.2) is 0 Å². The molecule has 0 spiro atoms. The highest BCUT2D eigenvalue weighted by molar-refractivity contribution is 5.09. The lowest BCUT2D eigenvalue weighted by Crippen LogP contribution is -2.36. The van der Waals surface area contributed by atoms with Crippen molar-refractivity contribution in [3.8, 4) is 0 Å². The summed E-state index contributed by atoms with van der Waals surface area (Å²) in [6.07, 6.45) is 20.9. The van der Waals surface area contributed by atoms with Gasteiger partial charge in [-0.2, -0.15) is 0 Å². The van der Waals surface area contributed by atoms with Gasteiger partial charge >= 0.3 is 0 Å². The number of hydrogen-bond donors (Lipinski definition) is 2. The van der Waals surface area contributed by atoms with Gasteiger partial charge in [0.25, 0.3) is 0 Å². The van der Waals surface area contributed by atoms with Crippen molar-refractivity contribution < 1.29 is 0 Å². The molecule has 2 saturated carbocycles. The molecule has 2 N–H and O–H groups in total. The van der Waals surface area contributed by atoms with E-state index < -0.39 is 0 Å². The highest BCUT2D eigenvalue weighted by Gasteiger charge is 2.19. The summed E-state index contributed by atoms with van der Waals surface area (Å²) in [5.74, 6) is 0.889. The normalized spacial score (nSPS) is 28.5. The Morgan fingerprint density at radius 1 is 0.773 bits per heavy atom. The van der Waals surface area contributed by atoms with Crippen LogP contribution in [-0.4, -0.2) is 25.2 Å². The number of nitrogens with one attached hydrogen (secondary N) is 2. The van der Waals surface area contributed by atoms with Crippen LogP contribution in [0.25, 0.3) is 0 Å². The molecule has 3 aliphatic rings. The van der Waals surface area contributed by atoms with Crippen LogP contribution in [-0.2, 0) is 0 Å². The smallest absolute Gasteiger partial charge is 0.0167 e. The lowest BCUT2D eigenvalue weighted by atomic mass is 9.88. The maximum absolute atomic E-state index is 3.84. The summed E-state index contributed by atoms with van der Waals surface area (Å²) >= 11 is 0. The van der Waals surface area contributed by atoms with E-state index >= 15 is 0 Å². The molecule has 0 heterocycles. The molecule has 126 valence electrons. The van der Waals surface area contributed by atoms with E-state index in [0.29, 0.717) is 0 Å². The predicted octanol–water partition coefficient (Wildman–Crippen LogP) is 4.56. The zero-order valence-corrected chi connectivity index (χ0v) is 14.4. The summed E-state index contributed by atoms with van der Waals surface area (Å²) in [7, 11) is 0. The van der Waals surface area contributed by atoms with E-state index in [-0.39, 0.29) is 0 Å². The third-order valence-corrected chi connectivity index (χ3v) is 6.14. The molecule has 0 saturated heterocycles. The topological polar surface area (TPSA) is 24.1 Å². The first kappa shape index (κ1) is 16.5. The summed E-state index contributed by atoms with van der Waals surface area (Å²) in [6.45, 7) is 2.41. The third-order valence-electron chi connectivity index (χ3n) is 6.14. The minimum Gasteiger partial charge on any atom is -0.314 e. The lowest BCUT2D eigenvalue weighted by Gasteiger charge is -2.28. The van der Waals surface area contributed by atoms with Crippen LogP contribution in [0.2, 0.25) is 0 Å². The van der Waals surface area contributed by atoms with Gasteiger partial charge in [-0.05, 0) is 57.4 Å². The molecule has 0 radical (unpaired) electrons. The minimum atomic E-state index is 0.806. The standard InChI is InChI=1S/C20H36N2/c1-3-7-19(8-4-1)21-15-17-11-13-18(14-12-17)16-22-20-9-5-2-6-10-20/h11,18-22H,1-10,12-16H2. The van der Waals surface area contributed by atoms with Gasteiger partial charge in [-0.15, -0.1) is 0 Å². The Morgan fingerprint density at radius 2 is 1.41 bits per heavy atom. The van der Waals surface area contributed by atoms with E-state index in [4.69, 9.17) is 0 Å². The zero-order chi connectivity index (χ0) is 15.0. The molecule has 0 aromatic carbocycles. The summed E-state index contributed by atoms with van der Waals surface area (Å²) in [4.78, 5) is 0. The molecular weight excluding hydrogens is 268 g/mol. The molecule has 0 bridgehead atoms. The Morgan fingerprint density at radius 3 is 2.00 bits per heavy atom. The van der Waals surface area contributed by atoms with Gasteiger partial charge in [0, 0.05) is 18.6 Å². The van der Waals surface area contributed by atoms with Gasteiger partial charge in [-0.3, -0.25) is 0 Å². The fourth-order valence-corrected chi connectivity index (χ4v) is 4.51. The molecule has 3 aliphatic carbocycles. The van der Waals surface area contributed by atoms with Crippen LogP contribution in [0.1, 0.15) is 83.5 Å². The highest BCUT2D eigenvalue weighted by atomic mass is 14.9. The van der Waals surface area contributed by atoms with E-state index in [9.17, 15) is 0 Å². The molecule has 1 unspecified atom stereocenters. The van der Waals surface area contributed by atoms with Crippen LogP contribution in [0.3, 0.4) is 0 Å². The second-order valence-electron chi connectivity index (χ2n) is 7.96. The second kappa shape index (κ2) is 9.08. The Balaban J connectivity index is 1.31. The fourth-order valence-electron chi connectivity index (χ4n) is 4.51. The first-order valence-electron chi connectivity index (χ1n) is 10.0. The predicted molar refractivity (Wildman–Crippen MR) is 95.2 cm³/mol. The Hall–Kier alpha value is -0.340. The minimum absolute atomic E-state index is 0.806. The second-order valence-corrected chi connectivity index (χ2v) is 7.96. The molecule has 0 amide bonds. The molecule has 2 heteroatoms. The number of allylic oxidation sites excluding steroid dienone is 1. The summed E-state index contributed by atoms with van der Waals surface area (Å²) < 4.78 is 0. The summed E-state index contributed by atoms with van der Waals surface area (Å²) in [5, 5.41) is 7.65. The Kier molecular flexibility index (Phi) is 6.81. The van der Waals surface area contributed by atoms with Crippen molar-refractivity contribution in [1.29, 1.82) is 0 Å². The maximum atomic E-state index is 3.84. The van der Waals surface area contributed by atoms with Crippen LogP contribution in [0.4, 0.5) is 0 Å². The van der Waals surface area contributed by atoms with Gasteiger partial charge in [0.1, 0.15) is 0 Å². The highest BCUT2D eigenvalue weighted by Crippen LogP contribution is 2.25. The molecule has 22 heavy (non-hydrogen) atoms. The van der Waals surface area contributed by atoms with Crippen molar-refractivity contribution in [2.24, 2.45) is 5.92 Å². The summed E-state index contributed by atoms with van der Waals surface area (Å²) in [6, 6.07) is 1.63. The van der Waals surface area contributed by atoms with Crippen molar-refractivity contribution in [2.75, 3.05) is 13.1 Å². The van der Waals surface area contributed by atoms with Gasteiger partial charge < -0.3 is 10.6 Å². The quantitative estimate of drug-likeness (QED) is 0.703. The average molecular weight is 305 g/mol. The fraction of sp³-hybridized carbons (Fsp3) is 0.900. The van der Waals surface area contributed by atoms with E-state index in [0.717, 1.165) is 24.5 Å². The molecule has 1 atom stereocenters. The van der Waals surface area contributed by atoms with E-state index in [1.54, 1.807) is 5.57 Å². The molecule has 3 rings (SSSR count). The molecule has 2 fully saturated rings. The molecule has 0 aromatic heterocycles. The molecule has 2 nitrogen and oxygen atoms in total. The van der Waals surface area contributed by atoms with E-state index in [2.05, 4.69) is 16.7 Å². The van der Waals surface area contributed by atoms with Gasteiger partial charge in [0.05, 0.1) is 0 Å². The Bertz CT molecular complexity index is 338. The van der Waals surface area contributed by atoms with Crippen molar-refractivity contribution >= 4 is 0 Å². The van der Waals surface area contributed by atoms with E-state index in [1.807, 2.05) is 0 Å². The first-order valence-corrected chi connectivity index (χ1v) is 10.0. The van der Waals surface area contributed by atoms with Gasteiger partial charge in [-0.25, -0.2) is 0 Å². The van der Waals surface area contributed by atoms with Crippen molar-refractivity contribution in [3.05, 3.63) is 11.6 Å². The maximum Gasteiger partial charge on any atom is 0.0167 e. The number of hydrogen-bond acceptors (Lipinski definition) is 2. The first-order chi connectivity index (χ1) is 10.9. The van der Waals surface area contributed by atoms with Gasteiger partial charge in [0.2, 0.25) is 0 Å². The van der Waals surface area contributed by atoms with Crippen LogP contribution in [0, 0.1) is 5.92 Å². The van der Waals surface area contributed by atoms with Crippen molar-refractivity contribution in [3.63, 3.8) is 0 Å². The van der Waals surface area contributed by atoms with Crippen LogP contribution < -0.4 is 10.6 Å². The van der Waals surface area contributed by atoms with E-state index in [1.165, 1.54) is 90.0 Å². The van der Waals surface area contributed by atoms with Crippen LogP contribution in [0.15, 0.2) is 11.6 Å². The largest absolute Gasteiger partial charge is 0.314 e. The number of rotatable bonds is 6. The Labute approximate surface area is 137 Å². The molecular formula is C20H36N2. The zero-order valence-electron chi connectivity index (χ0n) is 14.4. The van der Waals surface area contributed by atoms with Crippen molar-refractivity contribution in [1.82, 2.24) is 10.6 Å². The van der Waals surface area contributed by atoms with Crippen LogP contribution in [0.5, 0.6) is 0 Å². The monoisotopic (exact) mass is 304 g/mol. The third kappa shape index (κ3) is 5.38. The van der Waals surface area contributed by atoms with Gasteiger partial charge in [-0.1, -0.05) is 50.2 Å². The lowest BCUT2D eigenvalue weighted by molar-refractivity contribution is 0.333. The summed E-state index contributed by atoms with van der Waals surface area (Å²) in [5.41, 5.74) is 1.68. The average Bonchev–Trinajstić information content (AvgIpc) is 2.61. The molecule has 0 aliphatic heterocycles. The SMILES string of the molecule is C1=C(CNC2CCCCC2)CCC(CNC2CCCCC2)C1. The molecule has 0 aromatic rings.